The molecule has 12 heteroatoms. The third-order valence-electron chi connectivity index (χ3n) is 5.61. The molecule has 1 aromatic heterocycles. The maximum Gasteiger partial charge on any atom is 0.269 e. The number of non-ortho nitro benzene ring substituents is 2. The summed E-state index contributed by atoms with van der Waals surface area (Å²) in [6, 6.07) is 25.5. The molecule has 0 aliphatic carbocycles. The summed E-state index contributed by atoms with van der Waals surface area (Å²) in [5.74, 6) is 1.54. The van der Waals surface area contributed by atoms with E-state index in [4.69, 9.17) is 21.7 Å². The lowest BCUT2D eigenvalue weighted by Crippen LogP contribution is -2.10. The minimum absolute atomic E-state index is 0.0471. The number of anilines is 1. The van der Waals surface area contributed by atoms with Crippen LogP contribution >= 0.6 is 23.6 Å². The third-order valence-corrected chi connectivity index (χ3v) is 7.01. The summed E-state index contributed by atoms with van der Waals surface area (Å²) in [5, 5.41) is 25.1. The molecule has 5 rings (SSSR count). The minimum atomic E-state index is -0.439. The van der Waals surface area contributed by atoms with E-state index in [1.54, 1.807) is 38.5 Å². The van der Waals surface area contributed by atoms with E-state index in [2.05, 4.69) is 10.3 Å². The average Bonchev–Trinajstić information content (AvgIpc) is 3.41. The van der Waals surface area contributed by atoms with Crippen molar-refractivity contribution in [1.82, 2.24) is 4.98 Å². The maximum atomic E-state index is 10.6. The van der Waals surface area contributed by atoms with Crippen molar-refractivity contribution in [3.63, 3.8) is 0 Å². The summed E-state index contributed by atoms with van der Waals surface area (Å²) in [6.45, 7) is 0. The highest BCUT2D eigenvalue weighted by atomic mass is 32.1. The lowest BCUT2D eigenvalue weighted by molar-refractivity contribution is -0.385. The summed E-state index contributed by atoms with van der Waals surface area (Å²) in [4.78, 5) is 25.4. The second kappa shape index (κ2) is 12.7. The van der Waals surface area contributed by atoms with E-state index < -0.39 is 9.85 Å². The quantitative estimate of drug-likeness (QED) is 0.121. The van der Waals surface area contributed by atoms with E-state index in [0.29, 0.717) is 10.7 Å². The Hall–Kier alpha value is -4.94. The molecule has 1 N–H and O–H groups in total. The number of thiazole rings is 1. The molecule has 1 heterocycles. The molecule has 40 heavy (non-hydrogen) atoms. The van der Waals surface area contributed by atoms with Gasteiger partial charge in [-0.1, -0.05) is 12.2 Å². The Labute approximate surface area is 238 Å². The van der Waals surface area contributed by atoms with Crippen molar-refractivity contribution in [2.75, 3.05) is 19.5 Å². The smallest absolute Gasteiger partial charge is 0.269 e. The van der Waals surface area contributed by atoms with Crippen molar-refractivity contribution in [3.8, 4) is 22.1 Å². The van der Waals surface area contributed by atoms with Crippen LogP contribution in [0.4, 0.5) is 17.1 Å². The lowest BCUT2D eigenvalue weighted by atomic mass is 10.2. The molecule has 0 saturated heterocycles. The molecule has 202 valence electrons. The molecular weight excluding hydrogens is 552 g/mol. The van der Waals surface area contributed by atoms with Crippen molar-refractivity contribution >= 4 is 55.8 Å². The molecule has 5 aromatic rings. The van der Waals surface area contributed by atoms with Crippen LogP contribution in [0.3, 0.4) is 0 Å². The Morgan fingerprint density at radius 1 is 0.800 bits per heavy atom. The highest BCUT2D eigenvalue weighted by Gasteiger charge is 2.10. The van der Waals surface area contributed by atoms with Crippen molar-refractivity contribution < 1.29 is 19.3 Å². The van der Waals surface area contributed by atoms with Crippen molar-refractivity contribution in [2.24, 2.45) is 0 Å². The second-order valence-corrected chi connectivity index (χ2v) is 9.58. The minimum Gasteiger partial charge on any atom is -0.497 e. The standard InChI is InChI=1S/C14H10N2O3S.C14H12N2O3S/c1-19-11-6-7-12-13(8-11)20-14(15-12)9-2-4-10(5-3-9)16(17)18;1-19-13-8-2-10(3-9-13)14(20)15-11-4-6-12(7-5-11)16(17)18/h2-8H,1H3;2-9H,1H3,(H,15,20). The van der Waals surface area contributed by atoms with Crippen molar-refractivity contribution in [2.45, 2.75) is 0 Å². The first kappa shape index (κ1) is 28.1. The van der Waals surface area contributed by atoms with Gasteiger partial charge in [-0.05, 0) is 66.7 Å². The molecule has 0 saturated carbocycles. The summed E-state index contributed by atoms with van der Waals surface area (Å²) < 4.78 is 11.3. The Morgan fingerprint density at radius 3 is 1.90 bits per heavy atom. The van der Waals surface area contributed by atoms with E-state index in [1.165, 1.54) is 35.6 Å². The van der Waals surface area contributed by atoms with Gasteiger partial charge in [0.05, 0.1) is 34.3 Å². The predicted molar refractivity (Wildman–Crippen MR) is 160 cm³/mol. The van der Waals surface area contributed by atoms with E-state index >= 15 is 0 Å². The molecule has 0 atom stereocenters. The molecule has 0 spiro atoms. The number of fused-ring (bicyclic) bond motifs is 1. The normalized spacial score (nSPS) is 10.2. The molecule has 0 fully saturated rings. The van der Waals surface area contributed by atoms with Crippen molar-refractivity contribution in [1.29, 1.82) is 0 Å². The van der Waals surface area contributed by atoms with Crippen LogP contribution in [0.5, 0.6) is 11.5 Å². The number of benzene rings is 4. The fraction of sp³-hybridized carbons (Fsp3) is 0.0714. The number of nitro benzene ring substituents is 2. The van der Waals surface area contributed by atoms with Gasteiger partial charge in [0.15, 0.2) is 0 Å². The van der Waals surface area contributed by atoms with Gasteiger partial charge in [-0.2, -0.15) is 0 Å². The van der Waals surface area contributed by atoms with Crippen LogP contribution in [0.2, 0.25) is 0 Å². The topological polar surface area (TPSA) is 130 Å². The summed E-state index contributed by atoms with van der Waals surface area (Å²) >= 11 is 6.81. The number of methoxy groups -OCH3 is 2. The van der Waals surface area contributed by atoms with Gasteiger partial charge in [0.2, 0.25) is 0 Å². The van der Waals surface area contributed by atoms with Gasteiger partial charge < -0.3 is 14.8 Å². The highest BCUT2D eigenvalue weighted by molar-refractivity contribution is 7.81. The van der Waals surface area contributed by atoms with Crippen LogP contribution < -0.4 is 14.8 Å². The number of rotatable bonds is 7. The number of nitrogens with one attached hydrogen (secondary N) is 1. The van der Waals surface area contributed by atoms with Gasteiger partial charge in [0.25, 0.3) is 11.4 Å². The zero-order valence-corrected chi connectivity index (χ0v) is 22.9. The number of hydrogen-bond acceptors (Lipinski definition) is 9. The summed E-state index contributed by atoms with van der Waals surface area (Å²) in [6.07, 6.45) is 0. The number of ether oxygens (including phenoxy) is 2. The zero-order chi connectivity index (χ0) is 28.6. The summed E-state index contributed by atoms with van der Waals surface area (Å²) in [7, 11) is 3.22. The fourth-order valence-electron chi connectivity index (χ4n) is 3.49. The molecule has 0 unspecified atom stereocenters. The second-order valence-electron chi connectivity index (χ2n) is 8.14. The third kappa shape index (κ3) is 6.92. The molecule has 0 radical (unpaired) electrons. The van der Waals surface area contributed by atoms with Gasteiger partial charge in [0.1, 0.15) is 21.5 Å². The van der Waals surface area contributed by atoms with Crippen LogP contribution in [0.25, 0.3) is 20.8 Å². The largest absolute Gasteiger partial charge is 0.497 e. The molecule has 0 aliphatic heterocycles. The van der Waals surface area contributed by atoms with Gasteiger partial charge in [-0.3, -0.25) is 20.2 Å². The van der Waals surface area contributed by atoms with Gasteiger partial charge >= 0.3 is 0 Å². The van der Waals surface area contributed by atoms with Gasteiger partial charge in [-0.15, -0.1) is 11.3 Å². The average molecular weight is 575 g/mol. The fourth-order valence-corrected chi connectivity index (χ4v) is 4.75. The number of aromatic nitrogens is 1. The van der Waals surface area contributed by atoms with Crippen molar-refractivity contribution in [3.05, 3.63) is 117 Å². The molecule has 4 aromatic carbocycles. The SMILES string of the molecule is COc1ccc(C(=S)Nc2ccc([N+](=O)[O-])cc2)cc1.COc1ccc2nc(-c3ccc([N+](=O)[O-])cc3)sc2c1. The van der Waals surface area contributed by atoms with E-state index in [9.17, 15) is 20.2 Å². The van der Waals surface area contributed by atoms with Gasteiger partial charge in [0, 0.05) is 41.1 Å². The number of nitrogens with zero attached hydrogens (tertiary/aromatic N) is 3. The van der Waals surface area contributed by atoms with E-state index in [1.807, 2.05) is 42.5 Å². The highest BCUT2D eigenvalue weighted by Crippen LogP contribution is 2.33. The lowest BCUT2D eigenvalue weighted by Gasteiger charge is -2.08. The Bertz CT molecular complexity index is 1650. The Kier molecular flexibility index (Phi) is 8.94. The van der Waals surface area contributed by atoms with Crippen LogP contribution in [-0.4, -0.2) is 34.0 Å². The number of thiocarbonyl (C=S) groups is 1. The first-order valence-electron chi connectivity index (χ1n) is 11.7. The van der Waals surface area contributed by atoms with Crippen LogP contribution in [0, 0.1) is 20.2 Å². The number of nitro groups is 2. The summed E-state index contributed by atoms with van der Waals surface area (Å²) in [5.41, 5.74) is 3.44. The monoisotopic (exact) mass is 574 g/mol. The van der Waals surface area contributed by atoms with E-state index in [0.717, 1.165) is 37.9 Å². The van der Waals surface area contributed by atoms with Crippen LogP contribution in [-0.2, 0) is 0 Å². The van der Waals surface area contributed by atoms with Crippen LogP contribution in [0.15, 0.2) is 91.0 Å². The molecule has 10 nitrogen and oxygen atoms in total. The van der Waals surface area contributed by atoms with Crippen LogP contribution in [0.1, 0.15) is 5.56 Å². The van der Waals surface area contributed by atoms with E-state index in [-0.39, 0.29) is 11.4 Å². The van der Waals surface area contributed by atoms with Gasteiger partial charge in [-0.25, -0.2) is 4.98 Å². The maximum absolute atomic E-state index is 10.6. The predicted octanol–water partition coefficient (Wildman–Crippen LogP) is 7.27. The Balaban J connectivity index is 0.000000185. The first-order valence-corrected chi connectivity index (χ1v) is 12.9. The first-order chi connectivity index (χ1) is 19.3. The number of hydrogen-bond donors (Lipinski definition) is 1. The zero-order valence-electron chi connectivity index (χ0n) is 21.3. The Morgan fingerprint density at radius 2 is 1.35 bits per heavy atom. The molecule has 0 amide bonds. The molecule has 0 aliphatic rings. The molecular formula is C28H22N4O6S2. The molecule has 0 bridgehead atoms.